The fraction of sp³-hybridized carbons (Fsp3) is 0.458. The smallest absolute Gasteiger partial charge is 0.368 e. The van der Waals surface area contributed by atoms with E-state index in [1.807, 2.05) is 0 Å². The van der Waals surface area contributed by atoms with Crippen molar-refractivity contribution in [3.63, 3.8) is 0 Å². The van der Waals surface area contributed by atoms with Crippen molar-refractivity contribution in [2.45, 2.75) is 62.3 Å². The highest BCUT2D eigenvalue weighted by molar-refractivity contribution is 5.89. The number of halogens is 7. The predicted molar refractivity (Wildman–Crippen MR) is 112 cm³/mol. The zero-order valence-corrected chi connectivity index (χ0v) is 18.8. The van der Waals surface area contributed by atoms with Gasteiger partial charge in [-0.05, 0) is 61.7 Å². The summed E-state index contributed by atoms with van der Waals surface area (Å²) in [5, 5.41) is 0. The maximum absolute atomic E-state index is 13.5. The van der Waals surface area contributed by atoms with Gasteiger partial charge in [-0.25, -0.2) is 4.39 Å². The lowest BCUT2D eigenvalue weighted by molar-refractivity contribution is -0.143. The lowest BCUT2D eigenvalue weighted by atomic mass is 9.85. The summed E-state index contributed by atoms with van der Waals surface area (Å²) in [6, 6.07) is 6.42. The van der Waals surface area contributed by atoms with E-state index in [0.717, 1.165) is 0 Å². The third kappa shape index (κ3) is 4.88. The number of nitrogens with zero attached hydrogens (tertiary/aromatic N) is 1. The van der Waals surface area contributed by atoms with Crippen molar-refractivity contribution in [2.75, 3.05) is 6.54 Å². The number of carbonyl (C=O) groups excluding carboxylic acids is 1. The molecule has 1 amide bonds. The van der Waals surface area contributed by atoms with Crippen LogP contribution in [0.15, 0.2) is 42.5 Å². The average Bonchev–Trinajstić information content (AvgIpc) is 3.19. The lowest BCUT2D eigenvalue weighted by Crippen LogP contribution is -2.46. The van der Waals surface area contributed by atoms with Gasteiger partial charge in [0.15, 0.2) is 0 Å². The van der Waals surface area contributed by atoms with Crippen LogP contribution in [0.4, 0.5) is 30.7 Å². The van der Waals surface area contributed by atoms with E-state index >= 15 is 0 Å². The minimum Gasteiger partial charge on any atom is -0.368 e. The maximum atomic E-state index is 13.5. The van der Waals surface area contributed by atoms with E-state index in [2.05, 4.69) is 0 Å². The van der Waals surface area contributed by atoms with Gasteiger partial charge in [-0.1, -0.05) is 12.1 Å². The quantitative estimate of drug-likeness (QED) is 0.566. The van der Waals surface area contributed by atoms with E-state index in [-0.39, 0.29) is 30.5 Å². The third-order valence-corrected chi connectivity index (χ3v) is 6.69. The molecule has 11 heteroatoms. The van der Waals surface area contributed by atoms with E-state index in [4.69, 9.17) is 10.5 Å². The highest BCUT2D eigenvalue weighted by Crippen LogP contribution is 2.46. The van der Waals surface area contributed by atoms with Gasteiger partial charge in [0.2, 0.25) is 5.91 Å². The molecule has 2 fully saturated rings. The summed E-state index contributed by atoms with van der Waals surface area (Å²) >= 11 is 0. The largest absolute Gasteiger partial charge is 0.416 e. The zero-order valence-electron chi connectivity index (χ0n) is 18.8. The van der Waals surface area contributed by atoms with Crippen LogP contribution in [0.5, 0.6) is 0 Å². The number of fused-ring (bicyclic) bond motifs is 1. The molecule has 2 saturated heterocycles. The average molecular weight is 504 g/mol. The van der Waals surface area contributed by atoms with Crippen molar-refractivity contribution in [3.8, 4) is 0 Å². The van der Waals surface area contributed by atoms with Gasteiger partial charge in [0, 0.05) is 18.5 Å². The molecule has 2 aromatic carbocycles. The van der Waals surface area contributed by atoms with Crippen LogP contribution >= 0.6 is 0 Å². The van der Waals surface area contributed by atoms with E-state index < -0.39 is 59.0 Å². The molecule has 2 aliphatic heterocycles. The summed E-state index contributed by atoms with van der Waals surface area (Å²) in [4.78, 5) is 14.3. The second-order valence-corrected chi connectivity index (χ2v) is 9.38. The monoisotopic (exact) mass is 504 g/mol. The van der Waals surface area contributed by atoms with Gasteiger partial charge in [-0.2, -0.15) is 26.3 Å². The first-order chi connectivity index (χ1) is 16.1. The summed E-state index contributed by atoms with van der Waals surface area (Å²) in [5.74, 6) is -1.31. The molecule has 4 rings (SSSR count). The van der Waals surface area contributed by atoms with Gasteiger partial charge in [0.05, 0.1) is 28.9 Å². The van der Waals surface area contributed by atoms with Crippen LogP contribution < -0.4 is 5.73 Å². The molecular weight excluding hydrogens is 481 g/mol. The highest BCUT2D eigenvalue weighted by atomic mass is 19.4. The number of alkyl halides is 6. The molecule has 35 heavy (non-hydrogen) atoms. The molecule has 4 nitrogen and oxygen atoms in total. The molecule has 2 aromatic rings. The van der Waals surface area contributed by atoms with Crippen molar-refractivity contribution >= 4 is 5.91 Å². The molecule has 0 spiro atoms. The molecule has 190 valence electrons. The Morgan fingerprint density at radius 1 is 1.03 bits per heavy atom. The Bertz CT molecular complexity index is 1080. The van der Waals surface area contributed by atoms with Gasteiger partial charge in [0.25, 0.3) is 0 Å². The van der Waals surface area contributed by atoms with Crippen LogP contribution in [-0.4, -0.2) is 35.0 Å². The summed E-state index contributed by atoms with van der Waals surface area (Å²) in [5.41, 5.74) is 2.46. The van der Waals surface area contributed by atoms with Gasteiger partial charge < -0.3 is 15.4 Å². The SMILES string of the molecule is C[C@@H](O[C@H]1CN2C(=O)[C@](C)(N)C[C@H]2[C@@H]1c1ccc(F)cc1)c1cc(C(F)(F)F)cc(C(F)(F)F)c1. The number of ether oxygens (including phenoxy) is 1. The Labute approximate surface area is 196 Å². The van der Waals surface area contributed by atoms with Crippen LogP contribution in [0.1, 0.15) is 54.5 Å². The van der Waals surface area contributed by atoms with Crippen LogP contribution in [0.2, 0.25) is 0 Å². The van der Waals surface area contributed by atoms with Crippen LogP contribution in [0.3, 0.4) is 0 Å². The van der Waals surface area contributed by atoms with Gasteiger partial charge in [-0.15, -0.1) is 0 Å². The summed E-state index contributed by atoms with van der Waals surface area (Å²) in [7, 11) is 0. The fourth-order valence-electron chi connectivity index (χ4n) is 5.01. The molecule has 2 heterocycles. The number of nitrogens with two attached hydrogens (primary N) is 1. The molecular formula is C24H23F7N2O2. The number of hydrogen-bond acceptors (Lipinski definition) is 3. The van der Waals surface area contributed by atoms with Crippen molar-refractivity contribution in [1.82, 2.24) is 4.90 Å². The number of carbonyl (C=O) groups is 1. The Hall–Kier alpha value is -2.66. The predicted octanol–water partition coefficient (Wildman–Crippen LogP) is 5.43. The van der Waals surface area contributed by atoms with E-state index in [1.54, 1.807) is 6.92 Å². The summed E-state index contributed by atoms with van der Waals surface area (Å²) in [6.45, 7) is 3.00. The van der Waals surface area contributed by atoms with Crippen molar-refractivity contribution < 1.29 is 40.3 Å². The first-order valence-electron chi connectivity index (χ1n) is 10.9. The Morgan fingerprint density at radius 3 is 2.09 bits per heavy atom. The van der Waals surface area contributed by atoms with E-state index in [1.165, 1.54) is 36.1 Å². The van der Waals surface area contributed by atoms with Crippen LogP contribution in [-0.2, 0) is 21.9 Å². The Kier molecular flexibility index (Phi) is 6.16. The Balaban J connectivity index is 1.68. The molecule has 0 saturated carbocycles. The van der Waals surface area contributed by atoms with Crippen molar-refractivity contribution in [2.24, 2.45) is 5.73 Å². The van der Waals surface area contributed by atoms with E-state index in [0.29, 0.717) is 17.7 Å². The van der Waals surface area contributed by atoms with Crippen molar-refractivity contribution in [1.29, 1.82) is 0 Å². The topological polar surface area (TPSA) is 55.6 Å². The van der Waals surface area contributed by atoms with Crippen LogP contribution in [0, 0.1) is 5.82 Å². The normalized spacial score (nSPS) is 27.9. The lowest BCUT2D eigenvalue weighted by Gasteiger charge is -2.28. The third-order valence-electron chi connectivity index (χ3n) is 6.69. The second-order valence-electron chi connectivity index (χ2n) is 9.38. The second kappa shape index (κ2) is 8.48. The van der Waals surface area contributed by atoms with Gasteiger partial charge in [0.1, 0.15) is 5.82 Å². The maximum Gasteiger partial charge on any atom is 0.416 e. The molecule has 0 radical (unpaired) electrons. The molecule has 0 unspecified atom stereocenters. The number of hydrogen-bond donors (Lipinski definition) is 1. The number of benzene rings is 2. The molecule has 0 aliphatic carbocycles. The minimum atomic E-state index is -4.99. The molecule has 5 atom stereocenters. The highest BCUT2D eigenvalue weighted by Gasteiger charge is 2.56. The van der Waals surface area contributed by atoms with Gasteiger partial charge in [-0.3, -0.25) is 4.79 Å². The Morgan fingerprint density at radius 2 is 1.57 bits per heavy atom. The standard InChI is InChI=1S/C24H23F7N2O2/c1-12(14-7-15(23(26,27)28)9-16(8-14)24(29,30)31)35-19-11-33-18(10-22(2,32)21(33)34)20(19)13-3-5-17(25)6-4-13/h3-9,12,18-20H,10-11,32H2,1-2H3/t12-,18+,19+,20+,22-/m1/s1. The van der Waals surface area contributed by atoms with Crippen LogP contribution in [0.25, 0.3) is 0 Å². The fourth-order valence-corrected chi connectivity index (χ4v) is 5.01. The minimum absolute atomic E-state index is 0.0494. The van der Waals surface area contributed by atoms with Crippen molar-refractivity contribution in [3.05, 3.63) is 70.5 Å². The molecule has 0 aromatic heterocycles. The van der Waals surface area contributed by atoms with Gasteiger partial charge >= 0.3 is 12.4 Å². The number of amides is 1. The van der Waals surface area contributed by atoms with E-state index in [9.17, 15) is 35.5 Å². The first-order valence-corrected chi connectivity index (χ1v) is 10.9. The summed E-state index contributed by atoms with van der Waals surface area (Å²) < 4.78 is 99.3. The zero-order chi connectivity index (χ0) is 25.9. The molecule has 0 bridgehead atoms. The number of rotatable bonds is 4. The molecule has 2 N–H and O–H groups in total. The summed E-state index contributed by atoms with van der Waals surface area (Å²) in [6.07, 6.45) is -11.6. The molecule has 2 aliphatic rings. The first kappa shape index (κ1) is 25.4.